The van der Waals surface area contributed by atoms with Crippen LogP contribution < -0.4 is 0 Å². The Morgan fingerprint density at radius 1 is 1.17 bits per heavy atom. The molecular formula is C12H22N2O4. The number of aliphatic hydroxyl groups is 2. The normalized spacial score (nSPS) is 16.7. The number of piperidine rings is 1. The quantitative estimate of drug-likeness (QED) is 0.667. The van der Waals surface area contributed by atoms with Crippen LogP contribution in [0.15, 0.2) is 0 Å². The monoisotopic (exact) mass is 258 g/mol. The zero-order chi connectivity index (χ0) is 13.5. The average Bonchev–Trinajstić information content (AvgIpc) is 2.38. The van der Waals surface area contributed by atoms with E-state index in [0.29, 0.717) is 25.9 Å². The summed E-state index contributed by atoms with van der Waals surface area (Å²) in [4.78, 5) is 26.6. The van der Waals surface area contributed by atoms with E-state index in [1.807, 2.05) is 0 Å². The molecule has 0 saturated carbocycles. The second-order valence-electron chi connectivity index (χ2n) is 4.55. The van der Waals surface area contributed by atoms with E-state index in [2.05, 4.69) is 0 Å². The number of carbonyl (C=O) groups is 2. The van der Waals surface area contributed by atoms with Crippen LogP contribution in [0.1, 0.15) is 19.8 Å². The largest absolute Gasteiger partial charge is 0.395 e. The Labute approximate surface area is 107 Å². The average molecular weight is 258 g/mol. The Bertz CT molecular complexity index is 282. The molecule has 1 fully saturated rings. The Morgan fingerprint density at radius 2 is 1.67 bits per heavy atom. The van der Waals surface area contributed by atoms with Crippen LogP contribution in [-0.4, -0.2) is 71.2 Å². The van der Waals surface area contributed by atoms with Crippen LogP contribution in [0.3, 0.4) is 0 Å². The molecule has 0 aromatic carbocycles. The maximum absolute atomic E-state index is 12.2. The molecule has 0 atom stereocenters. The van der Waals surface area contributed by atoms with Gasteiger partial charge < -0.3 is 20.0 Å². The molecule has 0 bridgehead atoms. The van der Waals surface area contributed by atoms with E-state index in [0.717, 1.165) is 0 Å². The predicted molar refractivity (Wildman–Crippen MR) is 65.7 cm³/mol. The summed E-state index contributed by atoms with van der Waals surface area (Å²) in [6, 6.07) is 0. The molecule has 1 saturated heterocycles. The molecule has 6 heteroatoms. The van der Waals surface area contributed by atoms with Crippen molar-refractivity contribution < 1.29 is 19.8 Å². The molecular weight excluding hydrogens is 236 g/mol. The van der Waals surface area contributed by atoms with Gasteiger partial charge in [-0.3, -0.25) is 9.59 Å². The molecule has 0 radical (unpaired) electrons. The summed E-state index contributed by atoms with van der Waals surface area (Å²) < 4.78 is 0. The Kier molecular flexibility index (Phi) is 6.07. The molecule has 0 aromatic rings. The molecule has 6 nitrogen and oxygen atoms in total. The maximum Gasteiger partial charge on any atom is 0.225 e. The molecule has 1 heterocycles. The van der Waals surface area contributed by atoms with Gasteiger partial charge in [0.15, 0.2) is 0 Å². The van der Waals surface area contributed by atoms with Crippen molar-refractivity contribution in [2.24, 2.45) is 5.92 Å². The number of amides is 2. The van der Waals surface area contributed by atoms with Crippen molar-refractivity contribution in [2.75, 3.05) is 39.4 Å². The minimum atomic E-state index is -0.0992. The highest BCUT2D eigenvalue weighted by molar-refractivity contribution is 5.79. The van der Waals surface area contributed by atoms with Crippen LogP contribution in [-0.2, 0) is 9.59 Å². The van der Waals surface area contributed by atoms with Gasteiger partial charge in [0.25, 0.3) is 0 Å². The second kappa shape index (κ2) is 7.33. The standard InChI is InChI=1S/C12H22N2O4/c1-10(17)13-4-2-11(3-5-13)12(18)14(6-8-15)7-9-16/h11,15-16H,2-9H2,1H3. The molecule has 0 unspecified atom stereocenters. The highest BCUT2D eigenvalue weighted by Crippen LogP contribution is 2.19. The first kappa shape index (κ1) is 14.9. The summed E-state index contributed by atoms with van der Waals surface area (Å²) in [6.45, 7) is 3.07. The lowest BCUT2D eigenvalue weighted by Crippen LogP contribution is -2.45. The SMILES string of the molecule is CC(=O)N1CCC(C(=O)N(CCO)CCO)CC1. The van der Waals surface area contributed by atoms with Gasteiger partial charge >= 0.3 is 0 Å². The van der Waals surface area contributed by atoms with Crippen LogP contribution in [0.25, 0.3) is 0 Å². The summed E-state index contributed by atoms with van der Waals surface area (Å²) >= 11 is 0. The lowest BCUT2D eigenvalue weighted by atomic mass is 9.95. The molecule has 1 aliphatic rings. The van der Waals surface area contributed by atoms with Gasteiger partial charge in [-0.25, -0.2) is 0 Å². The van der Waals surface area contributed by atoms with Gasteiger partial charge in [-0.1, -0.05) is 0 Å². The van der Waals surface area contributed by atoms with Gasteiger partial charge in [-0.15, -0.1) is 0 Å². The lowest BCUT2D eigenvalue weighted by Gasteiger charge is -2.33. The van der Waals surface area contributed by atoms with Crippen molar-refractivity contribution in [2.45, 2.75) is 19.8 Å². The molecule has 0 spiro atoms. The fourth-order valence-electron chi connectivity index (χ4n) is 2.27. The molecule has 2 N–H and O–H groups in total. The summed E-state index contributed by atoms with van der Waals surface area (Å²) in [5.74, 6) is -0.0801. The molecule has 1 aliphatic heterocycles. The first-order valence-corrected chi connectivity index (χ1v) is 6.36. The molecule has 104 valence electrons. The van der Waals surface area contributed by atoms with Crippen LogP contribution in [0, 0.1) is 5.92 Å². The fraction of sp³-hybridized carbons (Fsp3) is 0.833. The first-order chi connectivity index (χ1) is 8.60. The van der Waals surface area contributed by atoms with E-state index in [9.17, 15) is 9.59 Å². The molecule has 0 aromatic heterocycles. The zero-order valence-electron chi connectivity index (χ0n) is 10.8. The fourth-order valence-corrected chi connectivity index (χ4v) is 2.27. The summed E-state index contributed by atoms with van der Waals surface area (Å²) in [6.07, 6.45) is 1.32. The first-order valence-electron chi connectivity index (χ1n) is 6.36. The third-order valence-electron chi connectivity index (χ3n) is 3.34. The van der Waals surface area contributed by atoms with Crippen molar-refractivity contribution in [3.05, 3.63) is 0 Å². The number of likely N-dealkylation sites (tertiary alicyclic amines) is 1. The van der Waals surface area contributed by atoms with E-state index in [1.165, 1.54) is 11.8 Å². The van der Waals surface area contributed by atoms with Crippen LogP contribution in [0.5, 0.6) is 0 Å². The van der Waals surface area contributed by atoms with Crippen molar-refractivity contribution in [3.8, 4) is 0 Å². The van der Waals surface area contributed by atoms with Crippen molar-refractivity contribution >= 4 is 11.8 Å². The molecule has 1 rings (SSSR count). The predicted octanol–water partition coefficient (Wildman–Crippen LogP) is -0.942. The zero-order valence-corrected chi connectivity index (χ0v) is 10.8. The van der Waals surface area contributed by atoms with Crippen LogP contribution in [0.4, 0.5) is 0 Å². The maximum atomic E-state index is 12.2. The van der Waals surface area contributed by atoms with E-state index < -0.39 is 0 Å². The smallest absolute Gasteiger partial charge is 0.225 e. The van der Waals surface area contributed by atoms with E-state index in [-0.39, 0.29) is 44.0 Å². The van der Waals surface area contributed by atoms with Crippen molar-refractivity contribution in [1.82, 2.24) is 9.80 Å². The third kappa shape index (κ3) is 3.96. The summed E-state index contributed by atoms with van der Waals surface area (Å²) in [5, 5.41) is 17.8. The van der Waals surface area contributed by atoms with Gasteiger partial charge in [0.2, 0.25) is 11.8 Å². The van der Waals surface area contributed by atoms with Gasteiger partial charge in [-0.2, -0.15) is 0 Å². The minimum Gasteiger partial charge on any atom is -0.395 e. The number of hydrogen-bond acceptors (Lipinski definition) is 4. The van der Waals surface area contributed by atoms with Crippen LogP contribution in [0.2, 0.25) is 0 Å². The highest BCUT2D eigenvalue weighted by atomic mass is 16.3. The summed E-state index contributed by atoms with van der Waals surface area (Å²) in [5.41, 5.74) is 0. The van der Waals surface area contributed by atoms with Gasteiger partial charge in [0, 0.05) is 39.0 Å². The Morgan fingerprint density at radius 3 is 2.06 bits per heavy atom. The topological polar surface area (TPSA) is 81.1 Å². The van der Waals surface area contributed by atoms with E-state index in [1.54, 1.807) is 4.90 Å². The molecule has 18 heavy (non-hydrogen) atoms. The van der Waals surface area contributed by atoms with Gasteiger partial charge in [0.1, 0.15) is 0 Å². The lowest BCUT2D eigenvalue weighted by molar-refractivity contribution is -0.140. The number of rotatable bonds is 5. The highest BCUT2D eigenvalue weighted by Gasteiger charge is 2.28. The second-order valence-corrected chi connectivity index (χ2v) is 4.55. The molecule has 2 amide bonds. The minimum absolute atomic E-state index is 0.0266. The number of carbonyl (C=O) groups excluding carboxylic acids is 2. The number of aliphatic hydroxyl groups excluding tert-OH is 2. The van der Waals surface area contributed by atoms with Gasteiger partial charge in [-0.05, 0) is 12.8 Å². The molecule has 0 aliphatic carbocycles. The number of hydrogen-bond donors (Lipinski definition) is 2. The van der Waals surface area contributed by atoms with Crippen molar-refractivity contribution in [1.29, 1.82) is 0 Å². The Hall–Kier alpha value is -1.14. The number of nitrogens with zero attached hydrogens (tertiary/aromatic N) is 2. The van der Waals surface area contributed by atoms with Crippen LogP contribution >= 0.6 is 0 Å². The van der Waals surface area contributed by atoms with E-state index in [4.69, 9.17) is 10.2 Å². The summed E-state index contributed by atoms with van der Waals surface area (Å²) in [7, 11) is 0. The third-order valence-corrected chi connectivity index (χ3v) is 3.34. The van der Waals surface area contributed by atoms with Gasteiger partial charge in [0.05, 0.1) is 13.2 Å². The Balaban J connectivity index is 2.49. The van der Waals surface area contributed by atoms with Crippen molar-refractivity contribution in [3.63, 3.8) is 0 Å². The van der Waals surface area contributed by atoms with E-state index >= 15 is 0 Å².